The average Bonchev–Trinajstić information content (AvgIpc) is 2.90. The number of nitrogens with one attached hydrogen (secondary N) is 1. The summed E-state index contributed by atoms with van der Waals surface area (Å²) in [6.07, 6.45) is 1.67. The molecule has 2 heterocycles. The number of aryl methyl sites for hydroxylation is 2. The first kappa shape index (κ1) is 17.5. The van der Waals surface area contributed by atoms with E-state index in [2.05, 4.69) is 10.3 Å². The molecule has 0 bridgehead atoms. The monoisotopic (exact) mass is 333 g/mol. The molecule has 0 aliphatic rings. The number of hydrogen-bond acceptors (Lipinski definition) is 4. The van der Waals surface area contributed by atoms with Crippen molar-refractivity contribution in [1.29, 1.82) is 0 Å². The zero-order valence-corrected chi connectivity index (χ0v) is 13.4. The summed E-state index contributed by atoms with van der Waals surface area (Å²) in [6.45, 7) is 3.73. The smallest absolute Gasteiger partial charge is 0.326 e. The topological polar surface area (TPSA) is 121 Å². The Labute approximate surface area is 138 Å². The van der Waals surface area contributed by atoms with E-state index in [-0.39, 0.29) is 18.5 Å². The first-order valence-corrected chi connectivity index (χ1v) is 7.57. The van der Waals surface area contributed by atoms with Crippen LogP contribution in [0.1, 0.15) is 41.5 Å². The van der Waals surface area contributed by atoms with Crippen LogP contribution in [0.25, 0.3) is 5.65 Å². The molecule has 0 aliphatic carbocycles. The van der Waals surface area contributed by atoms with E-state index in [0.717, 1.165) is 5.56 Å². The van der Waals surface area contributed by atoms with Gasteiger partial charge in [-0.1, -0.05) is 13.0 Å². The molecule has 24 heavy (non-hydrogen) atoms. The number of aromatic nitrogens is 2. The minimum atomic E-state index is -1.27. The molecule has 0 saturated carbocycles. The number of imidazole rings is 1. The lowest BCUT2D eigenvalue weighted by atomic mass is 10.1. The SMILES string of the molecule is CCc1nc2c(C)cccn2c1C(=O)NC(CCC(=O)O)C(=O)O. The predicted octanol–water partition coefficient (Wildman–Crippen LogP) is 1.25. The van der Waals surface area contributed by atoms with Crippen LogP contribution in [0.15, 0.2) is 18.3 Å². The van der Waals surface area contributed by atoms with E-state index in [4.69, 9.17) is 5.11 Å². The molecular formula is C16H19N3O5. The van der Waals surface area contributed by atoms with Crippen molar-refractivity contribution in [3.63, 3.8) is 0 Å². The number of carboxylic acid groups (broad SMARTS) is 2. The summed E-state index contributed by atoms with van der Waals surface area (Å²) in [5.74, 6) is -2.97. The summed E-state index contributed by atoms with van der Waals surface area (Å²) < 4.78 is 1.62. The molecule has 1 amide bonds. The third-order valence-corrected chi connectivity index (χ3v) is 3.72. The molecule has 2 aromatic rings. The van der Waals surface area contributed by atoms with Crippen LogP contribution in [0, 0.1) is 6.92 Å². The zero-order valence-electron chi connectivity index (χ0n) is 13.4. The normalized spacial score (nSPS) is 12.1. The number of carboxylic acids is 2. The standard InChI is InChI=1S/C16H19N3O5/c1-3-10-13(19-8-4-5-9(2)14(19)17-10)15(22)18-11(16(23)24)6-7-12(20)21/h4-5,8,11H,3,6-7H2,1-2H3,(H,18,22)(H,20,21)(H,23,24). The molecule has 0 radical (unpaired) electrons. The number of pyridine rings is 1. The van der Waals surface area contributed by atoms with Gasteiger partial charge in [0.25, 0.3) is 5.91 Å². The van der Waals surface area contributed by atoms with Crippen molar-refractivity contribution in [3.05, 3.63) is 35.3 Å². The van der Waals surface area contributed by atoms with Crippen LogP contribution in [0.4, 0.5) is 0 Å². The van der Waals surface area contributed by atoms with E-state index >= 15 is 0 Å². The Bertz CT molecular complexity index is 796. The molecule has 8 heteroatoms. The van der Waals surface area contributed by atoms with E-state index in [1.807, 2.05) is 19.9 Å². The Morgan fingerprint density at radius 2 is 2.04 bits per heavy atom. The molecule has 0 spiro atoms. The largest absolute Gasteiger partial charge is 0.481 e. The van der Waals surface area contributed by atoms with Gasteiger partial charge in [-0.05, 0) is 31.4 Å². The Balaban J connectivity index is 2.34. The molecule has 1 atom stereocenters. The molecule has 0 fully saturated rings. The molecular weight excluding hydrogens is 314 g/mol. The fourth-order valence-electron chi connectivity index (χ4n) is 2.49. The summed E-state index contributed by atoms with van der Waals surface area (Å²) in [5.41, 5.74) is 2.37. The van der Waals surface area contributed by atoms with Crippen molar-refractivity contribution < 1.29 is 24.6 Å². The Morgan fingerprint density at radius 1 is 1.33 bits per heavy atom. The van der Waals surface area contributed by atoms with Crippen LogP contribution >= 0.6 is 0 Å². The number of nitrogens with zero attached hydrogens (tertiary/aromatic N) is 2. The van der Waals surface area contributed by atoms with Gasteiger partial charge in [-0.15, -0.1) is 0 Å². The van der Waals surface area contributed by atoms with Gasteiger partial charge in [-0.25, -0.2) is 9.78 Å². The summed E-state index contributed by atoms with van der Waals surface area (Å²) in [5, 5.41) is 20.3. The lowest BCUT2D eigenvalue weighted by Gasteiger charge is -2.14. The van der Waals surface area contributed by atoms with Gasteiger partial charge in [0.1, 0.15) is 17.4 Å². The second-order valence-corrected chi connectivity index (χ2v) is 5.44. The van der Waals surface area contributed by atoms with Gasteiger partial charge in [-0.2, -0.15) is 0 Å². The summed E-state index contributed by atoms with van der Waals surface area (Å²) in [4.78, 5) is 38.9. The van der Waals surface area contributed by atoms with Crippen molar-refractivity contribution in [2.24, 2.45) is 0 Å². The minimum Gasteiger partial charge on any atom is -0.481 e. The van der Waals surface area contributed by atoms with Gasteiger partial charge in [0.05, 0.1) is 5.69 Å². The highest BCUT2D eigenvalue weighted by Crippen LogP contribution is 2.17. The first-order valence-electron chi connectivity index (χ1n) is 7.57. The molecule has 3 N–H and O–H groups in total. The van der Waals surface area contributed by atoms with Gasteiger partial charge < -0.3 is 15.5 Å². The van der Waals surface area contributed by atoms with Crippen LogP contribution in [0.2, 0.25) is 0 Å². The maximum Gasteiger partial charge on any atom is 0.326 e. The molecule has 2 rings (SSSR count). The van der Waals surface area contributed by atoms with Crippen molar-refractivity contribution in [3.8, 4) is 0 Å². The second kappa shape index (κ2) is 7.12. The highest BCUT2D eigenvalue weighted by atomic mass is 16.4. The average molecular weight is 333 g/mol. The Morgan fingerprint density at radius 3 is 2.62 bits per heavy atom. The maximum absolute atomic E-state index is 12.6. The van der Waals surface area contributed by atoms with Crippen molar-refractivity contribution in [1.82, 2.24) is 14.7 Å². The van der Waals surface area contributed by atoms with E-state index in [1.54, 1.807) is 16.7 Å². The van der Waals surface area contributed by atoms with Gasteiger partial charge in [0, 0.05) is 12.6 Å². The van der Waals surface area contributed by atoms with E-state index in [9.17, 15) is 19.5 Å². The summed E-state index contributed by atoms with van der Waals surface area (Å²) in [6, 6.07) is 2.38. The highest BCUT2D eigenvalue weighted by Gasteiger charge is 2.25. The van der Waals surface area contributed by atoms with Crippen LogP contribution in [0.5, 0.6) is 0 Å². The lowest BCUT2D eigenvalue weighted by Crippen LogP contribution is -2.41. The van der Waals surface area contributed by atoms with Crippen LogP contribution < -0.4 is 5.32 Å². The van der Waals surface area contributed by atoms with Crippen molar-refractivity contribution in [2.75, 3.05) is 0 Å². The Hall–Kier alpha value is -2.90. The van der Waals surface area contributed by atoms with E-state index in [0.29, 0.717) is 17.8 Å². The van der Waals surface area contributed by atoms with Crippen molar-refractivity contribution in [2.45, 2.75) is 39.2 Å². The Kier molecular flexibility index (Phi) is 5.18. The number of aliphatic carboxylic acids is 2. The van der Waals surface area contributed by atoms with Crippen LogP contribution in [-0.2, 0) is 16.0 Å². The number of amides is 1. The third kappa shape index (κ3) is 3.53. The fourth-order valence-corrected chi connectivity index (χ4v) is 2.49. The molecule has 1 unspecified atom stereocenters. The maximum atomic E-state index is 12.6. The number of hydrogen-bond donors (Lipinski definition) is 3. The first-order chi connectivity index (χ1) is 11.3. The number of carbonyl (C=O) groups is 3. The third-order valence-electron chi connectivity index (χ3n) is 3.72. The predicted molar refractivity (Wildman–Crippen MR) is 85.1 cm³/mol. The number of fused-ring (bicyclic) bond motifs is 1. The van der Waals surface area contributed by atoms with E-state index < -0.39 is 23.9 Å². The molecule has 2 aromatic heterocycles. The highest BCUT2D eigenvalue weighted by molar-refractivity contribution is 5.97. The molecule has 0 saturated heterocycles. The zero-order chi connectivity index (χ0) is 17.9. The summed E-state index contributed by atoms with van der Waals surface area (Å²) >= 11 is 0. The molecule has 128 valence electrons. The summed E-state index contributed by atoms with van der Waals surface area (Å²) in [7, 11) is 0. The number of carbonyl (C=O) groups excluding carboxylic acids is 1. The van der Waals surface area contributed by atoms with Gasteiger partial charge in [-0.3, -0.25) is 14.0 Å². The van der Waals surface area contributed by atoms with Crippen LogP contribution in [0.3, 0.4) is 0 Å². The van der Waals surface area contributed by atoms with Gasteiger partial charge in [0.2, 0.25) is 0 Å². The van der Waals surface area contributed by atoms with Gasteiger partial charge in [0.15, 0.2) is 0 Å². The van der Waals surface area contributed by atoms with Gasteiger partial charge >= 0.3 is 11.9 Å². The fraction of sp³-hybridized carbons (Fsp3) is 0.375. The quantitative estimate of drug-likeness (QED) is 0.701. The van der Waals surface area contributed by atoms with Crippen LogP contribution in [-0.4, -0.2) is 43.5 Å². The lowest BCUT2D eigenvalue weighted by molar-refractivity contribution is -0.140. The van der Waals surface area contributed by atoms with E-state index in [1.165, 1.54) is 0 Å². The number of rotatable bonds is 7. The second-order valence-electron chi connectivity index (χ2n) is 5.44. The molecule has 0 aromatic carbocycles. The molecule has 8 nitrogen and oxygen atoms in total. The molecule has 0 aliphatic heterocycles. The minimum absolute atomic E-state index is 0.187. The van der Waals surface area contributed by atoms with Crippen molar-refractivity contribution >= 4 is 23.5 Å².